The molecule has 2 nitrogen and oxygen atoms in total. The molecule has 0 radical (unpaired) electrons. The van der Waals surface area contributed by atoms with E-state index < -0.39 is 0 Å². The number of hydrogen-bond acceptors (Lipinski definition) is 2. The van der Waals surface area contributed by atoms with E-state index in [2.05, 4.69) is 31.4 Å². The van der Waals surface area contributed by atoms with Crippen LogP contribution in [0, 0.1) is 0 Å². The van der Waals surface area contributed by atoms with Crippen molar-refractivity contribution in [2.24, 2.45) is 0 Å². The second-order valence-electron chi connectivity index (χ2n) is 6.59. The third-order valence-electron chi connectivity index (χ3n) is 4.65. The van der Waals surface area contributed by atoms with E-state index in [0.717, 1.165) is 12.1 Å². The SMILES string of the molecule is CCCCCC1NC(CCCCC)C(CCCCC)N1. The van der Waals surface area contributed by atoms with Crippen molar-refractivity contribution >= 4 is 0 Å². The standard InChI is InChI=1S/C18H38N2/c1-4-7-10-13-16-17(14-11-8-5-2)20-18(19-16)15-12-9-6-3/h16-20H,4-15H2,1-3H3. The molecule has 0 saturated carbocycles. The molecule has 0 aromatic heterocycles. The summed E-state index contributed by atoms with van der Waals surface area (Å²) < 4.78 is 0. The molecule has 2 unspecified atom stereocenters. The molecule has 0 bridgehead atoms. The molecule has 20 heavy (non-hydrogen) atoms. The van der Waals surface area contributed by atoms with Gasteiger partial charge in [-0.15, -0.1) is 0 Å². The van der Waals surface area contributed by atoms with Crippen molar-refractivity contribution < 1.29 is 0 Å². The fourth-order valence-electron chi connectivity index (χ4n) is 3.36. The molecule has 120 valence electrons. The number of nitrogens with one attached hydrogen (secondary N) is 2. The van der Waals surface area contributed by atoms with E-state index in [1.165, 1.54) is 77.0 Å². The van der Waals surface area contributed by atoms with E-state index in [0.29, 0.717) is 6.17 Å². The number of unbranched alkanes of at least 4 members (excludes halogenated alkanes) is 6. The van der Waals surface area contributed by atoms with Crippen LogP contribution in [-0.2, 0) is 0 Å². The van der Waals surface area contributed by atoms with Gasteiger partial charge in [-0.05, 0) is 19.3 Å². The Kier molecular flexibility index (Phi) is 10.4. The zero-order valence-corrected chi connectivity index (χ0v) is 14.2. The first kappa shape index (κ1) is 18.0. The minimum absolute atomic E-state index is 0.583. The molecule has 1 heterocycles. The fourth-order valence-corrected chi connectivity index (χ4v) is 3.36. The highest BCUT2D eigenvalue weighted by Gasteiger charge is 2.31. The number of rotatable bonds is 12. The molecule has 0 aromatic rings. The molecular formula is C18H38N2. The van der Waals surface area contributed by atoms with Gasteiger partial charge in [0.2, 0.25) is 0 Å². The van der Waals surface area contributed by atoms with Crippen LogP contribution in [-0.4, -0.2) is 18.2 Å². The molecule has 1 aliphatic rings. The summed E-state index contributed by atoms with van der Waals surface area (Å²) in [5, 5.41) is 7.75. The summed E-state index contributed by atoms with van der Waals surface area (Å²) in [5.74, 6) is 0. The summed E-state index contributed by atoms with van der Waals surface area (Å²) in [6, 6.07) is 1.45. The Labute approximate surface area is 127 Å². The zero-order valence-electron chi connectivity index (χ0n) is 14.2. The van der Waals surface area contributed by atoms with Crippen LogP contribution in [0.4, 0.5) is 0 Å². The Morgan fingerprint density at radius 3 is 1.35 bits per heavy atom. The van der Waals surface area contributed by atoms with Gasteiger partial charge in [0.25, 0.3) is 0 Å². The maximum absolute atomic E-state index is 3.87. The molecule has 0 aliphatic carbocycles. The molecule has 1 rings (SSSR count). The lowest BCUT2D eigenvalue weighted by molar-refractivity contribution is 0.425. The van der Waals surface area contributed by atoms with Crippen molar-refractivity contribution in [2.75, 3.05) is 0 Å². The molecule has 0 spiro atoms. The monoisotopic (exact) mass is 282 g/mol. The van der Waals surface area contributed by atoms with E-state index in [9.17, 15) is 0 Å². The van der Waals surface area contributed by atoms with Crippen molar-refractivity contribution in [3.05, 3.63) is 0 Å². The van der Waals surface area contributed by atoms with Crippen LogP contribution >= 0.6 is 0 Å². The molecule has 2 heteroatoms. The third-order valence-corrected chi connectivity index (χ3v) is 4.65. The number of hydrogen-bond donors (Lipinski definition) is 2. The van der Waals surface area contributed by atoms with Crippen molar-refractivity contribution in [1.82, 2.24) is 10.6 Å². The highest BCUT2D eigenvalue weighted by atomic mass is 15.2. The normalized spacial score (nSPS) is 26.2. The van der Waals surface area contributed by atoms with Gasteiger partial charge in [-0.2, -0.15) is 0 Å². The summed E-state index contributed by atoms with van der Waals surface area (Å²) >= 11 is 0. The molecule has 0 amide bonds. The lowest BCUT2D eigenvalue weighted by atomic mass is 9.98. The van der Waals surface area contributed by atoms with Gasteiger partial charge in [0.15, 0.2) is 0 Å². The van der Waals surface area contributed by atoms with Gasteiger partial charge in [-0.3, -0.25) is 10.6 Å². The van der Waals surface area contributed by atoms with Gasteiger partial charge in [0, 0.05) is 12.1 Å². The fraction of sp³-hybridized carbons (Fsp3) is 1.00. The zero-order chi connectivity index (χ0) is 14.6. The summed E-state index contributed by atoms with van der Waals surface area (Å²) in [6.07, 6.45) is 16.9. The van der Waals surface area contributed by atoms with Gasteiger partial charge in [-0.1, -0.05) is 78.6 Å². The minimum atomic E-state index is 0.583. The van der Waals surface area contributed by atoms with Gasteiger partial charge >= 0.3 is 0 Å². The second-order valence-corrected chi connectivity index (χ2v) is 6.59. The Balaban J connectivity index is 2.31. The van der Waals surface area contributed by atoms with E-state index >= 15 is 0 Å². The molecule has 1 fully saturated rings. The van der Waals surface area contributed by atoms with E-state index in [4.69, 9.17) is 0 Å². The maximum atomic E-state index is 3.87. The molecule has 2 N–H and O–H groups in total. The predicted molar refractivity (Wildman–Crippen MR) is 90.1 cm³/mol. The maximum Gasteiger partial charge on any atom is 0.0576 e. The van der Waals surface area contributed by atoms with Crippen molar-refractivity contribution in [1.29, 1.82) is 0 Å². The summed E-state index contributed by atoms with van der Waals surface area (Å²) in [6.45, 7) is 6.88. The quantitative estimate of drug-likeness (QED) is 0.493. The van der Waals surface area contributed by atoms with Crippen LogP contribution < -0.4 is 10.6 Å². The smallest absolute Gasteiger partial charge is 0.0576 e. The van der Waals surface area contributed by atoms with Crippen LogP contribution in [0.15, 0.2) is 0 Å². The summed E-state index contributed by atoms with van der Waals surface area (Å²) in [5.41, 5.74) is 0. The average Bonchev–Trinajstić information content (AvgIpc) is 2.82. The second kappa shape index (κ2) is 11.6. The van der Waals surface area contributed by atoms with Crippen molar-refractivity contribution in [3.8, 4) is 0 Å². The van der Waals surface area contributed by atoms with Crippen LogP contribution in [0.3, 0.4) is 0 Å². The highest BCUT2D eigenvalue weighted by molar-refractivity contribution is 4.92. The Morgan fingerprint density at radius 1 is 0.550 bits per heavy atom. The Morgan fingerprint density at radius 2 is 0.950 bits per heavy atom. The van der Waals surface area contributed by atoms with E-state index in [1.54, 1.807) is 0 Å². The lowest BCUT2D eigenvalue weighted by Crippen LogP contribution is -2.33. The summed E-state index contributed by atoms with van der Waals surface area (Å²) in [4.78, 5) is 0. The molecule has 1 saturated heterocycles. The Bertz CT molecular complexity index is 199. The van der Waals surface area contributed by atoms with Gasteiger partial charge < -0.3 is 0 Å². The van der Waals surface area contributed by atoms with Crippen LogP contribution in [0.1, 0.15) is 97.8 Å². The highest BCUT2D eigenvalue weighted by Crippen LogP contribution is 2.19. The van der Waals surface area contributed by atoms with Crippen molar-refractivity contribution in [2.45, 2.75) is 116 Å². The molecule has 1 aliphatic heterocycles. The van der Waals surface area contributed by atoms with E-state index in [-0.39, 0.29) is 0 Å². The molecule has 0 aromatic carbocycles. The van der Waals surface area contributed by atoms with Crippen LogP contribution in [0.5, 0.6) is 0 Å². The van der Waals surface area contributed by atoms with Gasteiger partial charge in [0.1, 0.15) is 0 Å². The van der Waals surface area contributed by atoms with E-state index in [1.807, 2.05) is 0 Å². The minimum Gasteiger partial charge on any atom is -0.298 e. The predicted octanol–water partition coefficient (Wildman–Crippen LogP) is 4.98. The lowest BCUT2D eigenvalue weighted by Gasteiger charge is -2.18. The first-order chi connectivity index (χ1) is 9.81. The van der Waals surface area contributed by atoms with Crippen LogP contribution in [0.25, 0.3) is 0 Å². The third kappa shape index (κ3) is 7.08. The topological polar surface area (TPSA) is 24.1 Å². The van der Waals surface area contributed by atoms with Crippen molar-refractivity contribution in [3.63, 3.8) is 0 Å². The summed E-state index contributed by atoms with van der Waals surface area (Å²) in [7, 11) is 0. The first-order valence-electron chi connectivity index (χ1n) is 9.33. The van der Waals surface area contributed by atoms with Gasteiger partial charge in [0.05, 0.1) is 6.17 Å². The molecular weight excluding hydrogens is 244 g/mol. The molecule has 2 atom stereocenters. The largest absolute Gasteiger partial charge is 0.298 e. The Hall–Kier alpha value is -0.0800. The first-order valence-corrected chi connectivity index (χ1v) is 9.33. The van der Waals surface area contributed by atoms with Gasteiger partial charge in [-0.25, -0.2) is 0 Å². The van der Waals surface area contributed by atoms with Crippen LogP contribution in [0.2, 0.25) is 0 Å². The average molecular weight is 283 g/mol.